The van der Waals surface area contributed by atoms with Crippen LogP contribution >= 0.6 is 0 Å². The van der Waals surface area contributed by atoms with Crippen molar-refractivity contribution >= 4 is 29.5 Å². The molecule has 1 aliphatic heterocycles. The van der Waals surface area contributed by atoms with Crippen LogP contribution in [0.1, 0.15) is 27.9 Å². The Labute approximate surface area is 208 Å². The SMILES string of the molecule is C=C(O)/C=C\c1c(C)cccc1-n1ncc(C(=C)Nc2cnc(N3N=CCN3C)c(C#N)c2)c1CF. The quantitative estimate of drug-likeness (QED) is 0.351. The predicted molar refractivity (Wildman–Crippen MR) is 139 cm³/mol. The average Bonchev–Trinajstić information content (AvgIpc) is 3.49. The number of hydrogen-bond acceptors (Lipinski definition) is 8. The van der Waals surface area contributed by atoms with Crippen LogP contribution in [0.5, 0.6) is 0 Å². The number of aromatic nitrogens is 3. The first-order valence-corrected chi connectivity index (χ1v) is 11.0. The van der Waals surface area contributed by atoms with E-state index in [9.17, 15) is 14.8 Å². The standard InChI is InChI=1S/C26H25FN8O/c1-17-6-5-7-24(22(17)9-8-18(2)36)34-25(13-27)23(16-31-34)19(3)32-21-12-20(14-28)26(29-15-21)35-30-10-11-33(35)4/h5-10,12,15-16,32,36H,2-3,11,13H2,1,4H3/b9-8-. The molecule has 0 saturated heterocycles. The van der Waals surface area contributed by atoms with E-state index in [4.69, 9.17) is 0 Å². The Morgan fingerprint density at radius 1 is 1.33 bits per heavy atom. The lowest BCUT2D eigenvalue weighted by Crippen LogP contribution is -2.32. The van der Waals surface area contributed by atoms with Gasteiger partial charge in [-0.3, -0.25) is 0 Å². The maximum absolute atomic E-state index is 14.3. The number of hydrazine groups is 1. The second-order valence-electron chi connectivity index (χ2n) is 8.12. The summed E-state index contributed by atoms with van der Waals surface area (Å²) in [5.41, 5.74) is 4.35. The van der Waals surface area contributed by atoms with Gasteiger partial charge < -0.3 is 10.4 Å². The molecule has 0 spiro atoms. The normalized spacial score (nSPS) is 13.3. The molecule has 0 amide bonds. The number of pyridine rings is 1. The number of alkyl halides is 1. The third-order valence-electron chi connectivity index (χ3n) is 5.62. The van der Waals surface area contributed by atoms with E-state index in [2.05, 4.69) is 39.7 Å². The molecule has 10 heteroatoms. The Kier molecular flexibility index (Phi) is 6.94. The van der Waals surface area contributed by atoms with Gasteiger partial charge in [0.25, 0.3) is 0 Å². The first-order valence-electron chi connectivity index (χ1n) is 11.0. The number of halogens is 1. The zero-order valence-electron chi connectivity index (χ0n) is 20.0. The van der Waals surface area contributed by atoms with Crippen LogP contribution in [0.4, 0.5) is 15.9 Å². The van der Waals surface area contributed by atoms with Gasteiger partial charge in [-0.1, -0.05) is 25.3 Å². The van der Waals surface area contributed by atoms with Gasteiger partial charge in [-0.05, 0) is 36.8 Å². The molecule has 3 aromatic rings. The molecule has 0 atom stereocenters. The molecule has 0 saturated carbocycles. The molecule has 0 unspecified atom stereocenters. The molecule has 9 nitrogen and oxygen atoms in total. The summed E-state index contributed by atoms with van der Waals surface area (Å²) < 4.78 is 15.8. The van der Waals surface area contributed by atoms with Crippen molar-refractivity contribution in [2.45, 2.75) is 13.6 Å². The minimum Gasteiger partial charge on any atom is -0.509 e. The fourth-order valence-corrected chi connectivity index (χ4v) is 3.83. The van der Waals surface area contributed by atoms with Crippen molar-refractivity contribution in [3.63, 3.8) is 0 Å². The number of hydrazone groups is 1. The number of aryl methyl sites for hydroxylation is 1. The summed E-state index contributed by atoms with van der Waals surface area (Å²) in [6.45, 7) is 9.28. The van der Waals surface area contributed by atoms with E-state index in [1.165, 1.54) is 17.0 Å². The van der Waals surface area contributed by atoms with Gasteiger partial charge in [-0.15, -0.1) is 0 Å². The fraction of sp³-hybridized carbons (Fsp3) is 0.154. The predicted octanol–water partition coefficient (Wildman–Crippen LogP) is 4.74. The lowest BCUT2D eigenvalue weighted by Gasteiger charge is -2.22. The number of nitriles is 1. The Bertz CT molecular complexity index is 1430. The minimum atomic E-state index is -0.792. The summed E-state index contributed by atoms with van der Waals surface area (Å²) in [5.74, 6) is 0.320. The van der Waals surface area contributed by atoms with E-state index in [1.54, 1.807) is 29.7 Å². The summed E-state index contributed by atoms with van der Waals surface area (Å²) >= 11 is 0. The number of nitrogens with zero attached hydrogens (tertiary/aromatic N) is 7. The second-order valence-corrected chi connectivity index (χ2v) is 8.12. The van der Waals surface area contributed by atoms with Crippen molar-refractivity contribution in [2.24, 2.45) is 5.10 Å². The fourth-order valence-electron chi connectivity index (χ4n) is 3.83. The third kappa shape index (κ3) is 4.73. The summed E-state index contributed by atoms with van der Waals surface area (Å²) in [6, 6.07) is 9.37. The Morgan fingerprint density at radius 3 is 2.81 bits per heavy atom. The van der Waals surface area contributed by atoms with Gasteiger partial charge in [-0.2, -0.15) is 25.6 Å². The van der Waals surface area contributed by atoms with Gasteiger partial charge in [0.1, 0.15) is 24.1 Å². The molecular formula is C26H25FN8O. The van der Waals surface area contributed by atoms with Crippen LogP contribution in [-0.2, 0) is 6.67 Å². The van der Waals surface area contributed by atoms with E-state index in [0.717, 1.165) is 11.1 Å². The van der Waals surface area contributed by atoms with Crippen molar-refractivity contribution in [3.05, 3.63) is 89.6 Å². The smallest absolute Gasteiger partial charge is 0.184 e. The van der Waals surface area contributed by atoms with Gasteiger partial charge in [0.05, 0.1) is 36.0 Å². The highest BCUT2D eigenvalue weighted by atomic mass is 19.1. The van der Waals surface area contributed by atoms with Gasteiger partial charge in [0.2, 0.25) is 0 Å². The number of rotatable bonds is 8. The largest absolute Gasteiger partial charge is 0.509 e. The van der Waals surface area contributed by atoms with Gasteiger partial charge >= 0.3 is 0 Å². The lowest BCUT2D eigenvalue weighted by molar-refractivity contribution is 0.374. The number of aliphatic hydroxyl groups excluding tert-OH is 1. The van der Waals surface area contributed by atoms with Gasteiger partial charge in [0.15, 0.2) is 5.82 Å². The molecule has 2 N–H and O–H groups in total. The molecule has 1 aliphatic rings. The van der Waals surface area contributed by atoms with Crippen molar-refractivity contribution in [1.82, 2.24) is 19.8 Å². The topological polar surface area (TPSA) is 106 Å². The lowest BCUT2D eigenvalue weighted by atomic mass is 10.1. The Morgan fingerprint density at radius 2 is 2.14 bits per heavy atom. The highest BCUT2D eigenvalue weighted by molar-refractivity contribution is 5.78. The molecule has 0 bridgehead atoms. The molecule has 182 valence electrons. The Balaban J connectivity index is 1.65. The van der Waals surface area contributed by atoms with E-state index >= 15 is 0 Å². The third-order valence-corrected chi connectivity index (χ3v) is 5.62. The van der Waals surface area contributed by atoms with Gasteiger partial charge in [0, 0.05) is 30.1 Å². The molecular weight excluding hydrogens is 459 g/mol. The van der Waals surface area contributed by atoms with Crippen molar-refractivity contribution in [3.8, 4) is 11.8 Å². The van der Waals surface area contributed by atoms with E-state index < -0.39 is 6.67 Å². The highest BCUT2D eigenvalue weighted by Gasteiger charge is 2.21. The van der Waals surface area contributed by atoms with E-state index in [1.807, 2.05) is 37.2 Å². The summed E-state index contributed by atoms with van der Waals surface area (Å²) in [5, 5.41) is 34.3. The number of hydrogen-bond donors (Lipinski definition) is 2. The number of anilines is 2. The van der Waals surface area contributed by atoms with Crippen molar-refractivity contribution in [2.75, 3.05) is 24.0 Å². The summed E-state index contributed by atoms with van der Waals surface area (Å²) in [7, 11) is 1.84. The summed E-state index contributed by atoms with van der Waals surface area (Å²) in [6.07, 6.45) is 8.00. The number of benzene rings is 1. The average molecular weight is 485 g/mol. The minimum absolute atomic E-state index is 0.0896. The van der Waals surface area contributed by atoms with Crippen LogP contribution in [0, 0.1) is 18.3 Å². The molecule has 36 heavy (non-hydrogen) atoms. The Hall–Kier alpha value is -4.75. The van der Waals surface area contributed by atoms with Crippen molar-refractivity contribution in [1.29, 1.82) is 5.26 Å². The van der Waals surface area contributed by atoms with Crippen LogP contribution in [0.2, 0.25) is 0 Å². The van der Waals surface area contributed by atoms with Crippen LogP contribution in [0.3, 0.4) is 0 Å². The van der Waals surface area contributed by atoms with Crippen LogP contribution < -0.4 is 10.4 Å². The van der Waals surface area contributed by atoms with Crippen LogP contribution in [-0.4, -0.2) is 44.7 Å². The molecule has 0 fully saturated rings. The second kappa shape index (κ2) is 10.2. The monoisotopic (exact) mass is 484 g/mol. The van der Waals surface area contributed by atoms with E-state index in [-0.39, 0.29) is 5.76 Å². The van der Waals surface area contributed by atoms with E-state index in [0.29, 0.717) is 46.3 Å². The molecule has 2 aromatic heterocycles. The first-order chi connectivity index (χ1) is 17.3. The molecule has 3 heterocycles. The van der Waals surface area contributed by atoms with Crippen LogP contribution in [0.25, 0.3) is 17.5 Å². The van der Waals surface area contributed by atoms with Crippen molar-refractivity contribution < 1.29 is 9.50 Å². The zero-order valence-corrected chi connectivity index (χ0v) is 20.0. The number of nitrogens with one attached hydrogen (secondary N) is 1. The number of aliphatic hydroxyl groups is 1. The molecule has 0 radical (unpaired) electrons. The maximum Gasteiger partial charge on any atom is 0.184 e. The molecule has 4 rings (SSSR count). The van der Waals surface area contributed by atoms with Crippen LogP contribution in [0.15, 0.2) is 66.8 Å². The number of allylic oxidation sites excluding steroid dienone is 1. The first kappa shape index (κ1) is 24.4. The summed E-state index contributed by atoms with van der Waals surface area (Å²) in [4.78, 5) is 4.39. The molecule has 0 aliphatic carbocycles. The molecule has 1 aromatic carbocycles. The zero-order chi connectivity index (χ0) is 25.8. The van der Waals surface area contributed by atoms with Gasteiger partial charge in [-0.25, -0.2) is 14.1 Å². The maximum atomic E-state index is 14.3. The highest BCUT2D eigenvalue weighted by Crippen LogP contribution is 2.29.